The number of alkyl halides is 3. The maximum atomic E-state index is 10.5. The van der Waals surface area contributed by atoms with Crippen LogP contribution in [0.5, 0.6) is 0 Å². The van der Waals surface area contributed by atoms with Crippen molar-refractivity contribution in [2.75, 3.05) is 0 Å². The predicted octanol–water partition coefficient (Wildman–Crippen LogP) is 1.83. The molecule has 0 aliphatic heterocycles. The van der Waals surface area contributed by atoms with E-state index < -0.39 is 8.11 Å². The first-order chi connectivity index (χ1) is 3.48. The average molecular weight is 344 g/mol. The molecule has 0 unspecified atom stereocenters. The monoisotopic (exact) mass is 341 g/mol. The normalized spacial score (nSPS) is 10.8. The molecule has 0 fully saturated rings. The van der Waals surface area contributed by atoms with Crippen molar-refractivity contribution in [1.82, 2.24) is 0 Å². The summed E-state index contributed by atoms with van der Waals surface area (Å²) >= 11 is 10.2. The standard InChI is InChI=1S/C2HBr3O2.Ti/c3-2(4,5)1(6)7;/h(H,6,7);/q;+1/p-1. The van der Waals surface area contributed by atoms with E-state index in [1.165, 1.54) is 20.8 Å². The van der Waals surface area contributed by atoms with E-state index in [0.717, 1.165) is 0 Å². The van der Waals surface area contributed by atoms with Gasteiger partial charge in [0.2, 0.25) is 0 Å². The fraction of sp³-hybridized carbons (Fsp3) is 0.500. The van der Waals surface area contributed by atoms with Gasteiger partial charge >= 0.3 is 84.8 Å². The molecule has 0 N–H and O–H groups in total. The van der Waals surface area contributed by atoms with Crippen molar-refractivity contribution in [1.29, 1.82) is 0 Å². The molecule has 8 heavy (non-hydrogen) atoms. The van der Waals surface area contributed by atoms with E-state index in [4.69, 9.17) is 0 Å². The van der Waals surface area contributed by atoms with Crippen LogP contribution >= 0.6 is 47.8 Å². The Kier molecular flexibility index (Phi) is 4.46. The molecule has 0 aromatic heterocycles. The molecule has 0 aliphatic rings. The van der Waals surface area contributed by atoms with E-state index in [2.05, 4.69) is 51.1 Å². The van der Waals surface area contributed by atoms with Crippen molar-refractivity contribution in [2.24, 2.45) is 0 Å². The number of carbonyl (C=O) groups excluding carboxylic acids is 1. The van der Waals surface area contributed by atoms with Crippen LogP contribution in [-0.2, 0) is 28.9 Å². The molecule has 0 bridgehead atoms. The van der Waals surface area contributed by atoms with E-state index in [0.29, 0.717) is 0 Å². The van der Waals surface area contributed by atoms with Gasteiger partial charge in [0.25, 0.3) is 0 Å². The van der Waals surface area contributed by atoms with Gasteiger partial charge in [-0.2, -0.15) is 0 Å². The first-order valence-electron chi connectivity index (χ1n) is 1.43. The van der Waals surface area contributed by atoms with Crippen LogP contribution in [0.4, 0.5) is 0 Å². The third-order valence-electron chi connectivity index (χ3n) is 0.324. The van der Waals surface area contributed by atoms with Crippen LogP contribution in [0.25, 0.3) is 0 Å². The fourth-order valence-corrected chi connectivity index (χ4v) is 1.24. The van der Waals surface area contributed by atoms with Crippen molar-refractivity contribution in [3.63, 3.8) is 0 Å². The van der Waals surface area contributed by atoms with Gasteiger partial charge in [0.1, 0.15) is 0 Å². The SMILES string of the molecule is O=C([O][Ti])C(Br)(Br)Br. The molecule has 45 valence electrons. The molecule has 0 aromatic rings. The van der Waals surface area contributed by atoms with Gasteiger partial charge in [0, 0.05) is 0 Å². The van der Waals surface area contributed by atoms with Gasteiger partial charge in [0.05, 0.1) is 0 Å². The number of hydrogen-bond donors (Lipinski definition) is 0. The van der Waals surface area contributed by atoms with Crippen molar-refractivity contribution < 1.29 is 28.9 Å². The van der Waals surface area contributed by atoms with E-state index in [9.17, 15) is 4.79 Å². The molecular weight excluding hydrogens is 344 g/mol. The molecule has 0 atom stereocenters. The van der Waals surface area contributed by atoms with Crippen LogP contribution in [0, 0.1) is 0 Å². The van der Waals surface area contributed by atoms with Gasteiger partial charge in [-0.25, -0.2) is 0 Å². The predicted molar refractivity (Wildman–Crippen MR) is 35.6 cm³/mol. The van der Waals surface area contributed by atoms with E-state index in [1.54, 1.807) is 0 Å². The van der Waals surface area contributed by atoms with Crippen LogP contribution in [0.1, 0.15) is 0 Å². The van der Waals surface area contributed by atoms with Gasteiger partial charge in [-0.3, -0.25) is 0 Å². The van der Waals surface area contributed by atoms with Crippen molar-refractivity contribution in [2.45, 2.75) is 2.14 Å². The van der Waals surface area contributed by atoms with Gasteiger partial charge in [-0.15, -0.1) is 0 Å². The molecule has 0 aromatic carbocycles. The van der Waals surface area contributed by atoms with Gasteiger partial charge in [-0.1, -0.05) is 0 Å². The molecule has 0 radical (unpaired) electrons. The summed E-state index contributed by atoms with van der Waals surface area (Å²) in [6, 6.07) is 0. The fourth-order valence-electron chi connectivity index (χ4n) is 0.0579. The molecule has 0 saturated carbocycles. The number of carbonyl (C=O) groups is 1. The van der Waals surface area contributed by atoms with E-state index in [1.807, 2.05) is 0 Å². The first kappa shape index (κ1) is 9.62. The summed E-state index contributed by atoms with van der Waals surface area (Å²) < 4.78 is 3.42. The van der Waals surface area contributed by atoms with Crippen molar-refractivity contribution in [3.8, 4) is 0 Å². The number of hydrogen-bond acceptors (Lipinski definition) is 2. The van der Waals surface area contributed by atoms with Gasteiger partial charge < -0.3 is 0 Å². The molecule has 0 heterocycles. The van der Waals surface area contributed by atoms with Crippen molar-refractivity contribution in [3.05, 3.63) is 0 Å². The minimum atomic E-state index is -0.915. The summed E-state index contributed by atoms with van der Waals surface area (Å²) in [6.07, 6.45) is 0. The minimum absolute atomic E-state index is 0.419. The van der Waals surface area contributed by atoms with Crippen LogP contribution < -0.4 is 0 Å². The Morgan fingerprint density at radius 1 is 1.50 bits per heavy atom. The Bertz CT molecular complexity index is 97.9. The Morgan fingerprint density at radius 2 is 1.88 bits per heavy atom. The Hall–Kier alpha value is 1.62. The second kappa shape index (κ2) is 3.71. The van der Waals surface area contributed by atoms with E-state index in [-0.39, 0.29) is 0 Å². The summed E-state index contributed by atoms with van der Waals surface area (Å²) in [7, 11) is 0. The summed E-state index contributed by atoms with van der Waals surface area (Å²) in [6.45, 7) is 0. The Balaban J connectivity index is 3.82. The summed E-state index contributed by atoms with van der Waals surface area (Å²) in [5.74, 6) is -0.419. The average Bonchev–Trinajstić information content (AvgIpc) is 1.62. The molecule has 2 nitrogen and oxygen atoms in total. The molecule has 0 amide bonds. The summed E-state index contributed by atoms with van der Waals surface area (Å²) in [4.78, 5) is 10.5. The zero-order chi connectivity index (χ0) is 6.78. The molecule has 0 saturated heterocycles. The van der Waals surface area contributed by atoms with Crippen LogP contribution in [0.15, 0.2) is 0 Å². The van der Waals surface area contributed by atoms with E-state index >= 15 is 0 Å². The molecule has 0 spiro atoms. The second-order valence-corrected chi connectivity index (χ2v) is 7.97. The zero-order valence-corrected chi connectivity index (χ0v) is 9.77. The maximum absolute atomic E-state index is 10.5. The van der Waals surface area contributed by atoms with Crippen LogP contribution in [-0.4, -0.2) is 8.11 Å². The Morgan fingerprint density at radius 3 is 1.88 bits per heavy atom. The number of rotatable bonds is 0. The quantitative estimate of drug-likeness (QED) is 0.495. The topological polar surface area (TPSA) is 26.3 Å². The third kappa shape index (κ3) is 3.61. The van der Waals surface area contributed by atoms with Gasteiger partial charge in [-0.05, 0) is 0 Å². The number of halogens is 3. The Labute approximate surface area is 84.0 Å². The molecule has 6 heteroatoms. The third-order valence-corrected chi connectivity index (χ3v) is 1.58. The van der Waals surface area contributed by atoms with Crippen molar-refractivity contribution >= 4 is 53.8 Å². The molecule has 0 aliphatic carbocycles. The van der Waals surface area contributed by atoms with Crippen LogP contribution in [0.3, 0.4) is 0 Å². The van der Waals surface area contributed by atoms with Gasteiger partial charge in [0.15, 0.2) is 0 Å². The molecule has 0 rings (SSSR count). The first-order valence-corrected chi connectivity index (χ1v) is 4.45. The zero-order valence-electron chi connectivity index (χ0n) is 3.45. The summed E-state index contributed by atoms with van der Waals surface area (Å²) in [5, 5.41) is 0. The van der Waals surface area contributed by atoms with Crippen LogP contribution in [0.2, 0.25) is 0 Å². The molecular formula is C2Br3O2Ti. The second-order valence-electron chi connectivity index (χ2n) is 0.887. The summed E-state index contributed by atoms with van der Waals surface area (Å²) in [5.41, 5.74) is 0.